The van der Waals surface area contributed by atoms with Crippen molar-refractivity contribution in [2.75, 3.05) is 0 Å². The Morgan fingerprint density at radius 2 is 1.92 bits per heavy atom. The molecule has 0 spiro atoms. The summed E-state index contributed by atoms with van der Waals surface area (Å²) in [5.74, 6) is -1.26. The van der Waals surface area contributed by atoms with E-state index < -0.39 is 11.6 Å². The van der Waals surface area contributed by atoms with Crippen LogP contribution in [0.3, 0.4) is 0 Å². The molecule has 0 N–H and O–H groups in total. The maximum Gasteiger partial charge on any atom is 0.137 e. The molecular weight excluding hydrogens is 198 g/mol. The Kier molecular flexibility index (Phi) is 2.72. The quantitative estimate of drug-likeness (QED) is 0.655. The molecule has 0 unspecified atom stereocenters. The fraction of sp³-hybridized carbons (Fsp3) is 0. The summed E-state index contributed by atoms with van der Waals surface area (Å²) in [7, 11) is 0. The molecular formula is C8H5ClF2N2. The van der Waals surface area contributed by atoms with E-state index in [0.717, 1.165) is 6.07 Å². The number of hydrogen-bond donors (Lipinski definition) is 0. The SMILES string of the molecule is Cl.Fc1cc(F)c2cncnc2c1. The highest BCUT2D eigenvalue weighted by Crippen LogP contribution is 2.15. The molecule has 0 aliphatic heterocycles. The molecule has 1 aromatic heterocycles. The Hall–Kier alpha value is -1.29. The van der Waals surface area contributed by atoms with E-state index in [1.807, 2.05) is 0 Å². The van der Waals surface area contributed by atoms with Crippen molar-refractivity contribution in [3.63, 3.8) is 0 Å². The lowest BCUT2D eigenvalue weighted by Gasteiger charge is -1.96. The normalized spacial score (nSPS) is 9.69. The summed E-state index contributed by atoms with van der Waals surface area (Å²) in [6.45, 7) is 0. The van der Waals surface area contributed by atoms with Gasteiger partial charge >= 0.3 is 0 Å². The summed E-state index contributed by atoms with van der Waals surface area (Å²) in [5.41, 5.74) is 0.280. The van der Waals surface area contributed by atoms with Crippen LogP contribution in [0, 0.1) is 11.6 Å². The zero-order chi connectivity index (χ0) is 8.55. The molecule has 0 saturated carbocycles. The fourth-order valence-electron chi connectivity index (χ4n) is 1.01. The lowest BCUT2D eigenvalue weighted by Crippen LogP contribution is -1.86. The third-order valence-corrected chi connectivity index (χ3v) is 1.54. The van der Waals surface area contributed by atoms with Gasteiger partial charge in [-0.25, -0.2) is 18.7 Å². The van der Waals surface area contributed by atoms with Crippen LogP contribution in [0.2, 0.25) is 0 Å². The molecule has 13 heavy (non-hydrogen) atoms. The van der Waals surface area contributed by atoms with Gasteiger partial charge in [0.1, 0.15) is 18.0 Å². The summed E-state index contributed by atoms with van der Waals surface area (Å²) in [5, 5.41) is 0.235. The van der Waals surface area contributed by atoms with Gasteiger partial charge in [-0.2, -0.15) is 0 Å². The Morgan fingerprint density at radius 3 is 2.69 bits per heavy atom. The van der Waals surface area contributed by atoms with Gasteiger partial charge in [-0.3, -0.25) is 0 Å². The second-order valence-corrected chi connectivity index (χ2v) is 2.34. The number of hydrogen-bond acceptors (Lipinski definition) is 2. The van der Waals surface area contributed by atoms with Crippen LogP contribution in [0.5, 0.6) is 0 Å². The van der Waals surface area contributed by atoms with Crippen molar-refractivity contribution in [3.8, 4) is 0 Å². The van der Waals surface area contributed by atoms with Gasteiger partial charge < -0.3 is 0 Å². The molecule has 1 heterocycles. The number of fused-ring (bicyclic) bond motifs is 1. The molecule has 0 saturated heterocycles. The molecule has 2 aromatic rings. The fourth-order valence-corrected chi connectivity index (χ4v) is 1.01. The minimum atomic E-state index is -0.634. The number of halogens is 3. The Bertz CT molecular complexity index is 433. The highest BCUT2D eigenvalue weighted by Gasteiger charge is 2.03. The summed E-state index contributed by atoms with van der Waals surface area (Å²) in [6, 6.07) is 1.98. The lowest BCUT2D eigenvalue weighted by molar-refractivity contribution is 0.591. The van der Waals surface area contributed by atoms with Crippen molar-refractivity contribution in [1.82, 2.24) is 9.97 Å². The van der Waals surface area contributed by atoms with E-state index in [4.69, 9.17) is 0 Å². The zero-order valence-electron chi connectivity index (χ0n) is 6.37. The predicted octanol–water partition coefficient (Wildman–Crippen LogP) is 2.33. The zero-order valence-corrected chi connectivity index (χ0v) is 7.18. The van der Waals surface area contributed by atoms with Crippen LogP contribution in [0.1, 0.15) is 0 Å². The van der Waals surface area contributed by atoms with Gasteiger partial charge in [-0.05, 0) is 0 Å². The van der Waals surface area contributed by atoms with E-state index >= 15 is 0 Å². The molecule has 0 bridgehead atoms. The van der Waals surface area contributed by atoms with E-state index in [-0.39, 0.29) is 23.3 Å². The maximum absolute atomic E-state index is 12.9. The number of benzene rings is 1. The third kappa shape index (κ3) is 1.72. The van der Waals surface area contributed by atoms with Crippen molar-refractivity contribution in [2.24, 2.45) is 0 Å². The van der Waals surface area contributed by atoms with Crippen LogP contribution in [0.25, 0.3) is 10.9 Å². The average Bonchev–Trinajstić information content (AvgIpc) is 2.04. The van der Waals surface area contributed by atoms with Gasteiger partial charge in [0.2, 0.25) is 0 Å². The Balaban J connectivity index is 0.000000845. The molecule has 0 fully saturated rings. The number of rotatable bonds is 0. The van der Waals surface area contributed by atoms with Crippen LogP contribution in [0.15, 0.2) is 24.7 Å². The third-order valence-electron chi connectivity index (χ3n) is 1.54. The van der Waals surface area contributed by atoms with Crippen LogP contribution < -0.4 is 0 Å². The molecule has 0 atom stereocenters. The second-order valence-electron chi connectivity index (χ2n) is 2.34. The molecule has 5 heteroatoms. The first-order valence-corrected chi connectivity index (χ1v) is 3.32. The Morgan fingerprint density at radius 1 is 1.15 bits per heavy atom. The van der Waals surface area contributed by atoms with E-state index in [1.54, 1.807) is 0 Å². The topological polar surface area (TPSA) is 25.8 Å². The first-order chi connectivity index (χ1) is 5.77. The van der Waals surface area contributed by atoms with Crippen LogP contribution in [-0.4, -0.2) is 9.97 Å². The first-order valence-electron chi connectivity index (χ1n) is 3.32. The smallest absolute Gasteiger partial charge is 0.137 e. The van der Waals surface area contributed by atoms with Gasteiger partial charge in [0.15, 0.2) is 0 Å². The highest BCUT2D eigenvalue weighted by molar-refractivity contribution is 5.85. The van der Waals surface area contributed by atoms with E-state index in [0.29, 0.717) is 0 Å². The van der Waals surface area contributed by atoms with E-state index in [9.17, 15) is 8.78 Å². The summed E-state index contributed by atoms with van der Waals surface area (Å²) < 4.78 is 25.5. The van der Waals surface area contributed by atoms with Crippen molar-refractivity contribution in [1.29, 1.82) is 0 Å². The summed E-state index contributed by atoms with van der Waals surface area (Å²) in [6.07, 6.45) is 2.57. The van der Waals surface area contributed by atoms with Gasteiger partial charge in [-0.15, -0.1) is 12.4 Å². The molecule has 1 aromatic carbocycles. The van der Waals surface area contributed by atoms with Crippen LogP contribution in [-0.2, 0) is 0 Å². The highest BCUT2D eigenvalue weighted by atomic mass is 35.5. The monoisotopic (exact) mass is 202 g/mol. The molecule has 2 rings (SSSR count). The molecule has 0 amide bonds. The minimum absolute atomic E-state index is 0. The number of aromatic nitrogens is 2. The maximum atomic E-state index is 12.9. The molecule has 0 radical (unpaired) electrons. The average molecular weight is 203 g/mol. The Labute approximate surface area is 79.0 Å². The second kappa shape index (κ2) is 3.62. The van der Waals surface area contributed by atoms with E-state index in [1.165, 1.54) is 18.6 Å². The van der Waals surface area contributed by atoms with Gasteiger partial charge in [0.25, 0.3) is 0 Å². The van der Waals surface area contributed by atoms with Crippen molar-refractivity contribution >= 4 is 23.3 Å². The molecule has 2 nitrogen and oxygen atoms in total. The van der Waals surface area contributed by atoms with Crippen molar-refractivity contribution < 1.29 is 8.78 Å². The van der Waals surface area contributed by atoms with Gasteiger partial charge in [0, 0.05) is 18.3 Å². The molecule has 0 aliphatic carbocycles. The van der Waals surface area contributed by atoms with Crippen LogP contribution >= 0.6 is 12.4 Å². The van der Waals surface area contributed by atoms with Crippen LogP contribution in [0.4, 0.5) is 8.78 Å². The predicted molar refractivity (Wildman–Crippen MR) is 46.7 cm³/mol. The largest absolute Gasteiger partial charge is 0.244 e. The summed E-state index contributed by atoms with van der Waals surface area (Å²) >= 11 is 0. The molecule has 0 aliphatic rings. The van der Waals surface area contributed by atoms with E-state index in [2.05, 4.69) is 9.97 Å². The van der Waals surface area contributed by atoms with Gasteiger partial charge in [0.05, 0.1) is 10.9 Å². The van der Waals surface area contributed by atoms with Crippen molar-refractivity contribution in [2.45, 2.75) is 0 Å². The first kappa shape index (κ1) is 9.80. The van der Waals surface area contributed by atoms with Crippen molar-refractivity contribution in [3.05, 3.63) is 36.3 Å². The summed E-state index contributed by atoms with van der Waals surface area (Å²) in [4.78, 5) is 7.34. The standard InChI is InChI=1S/C8H4F2N2.ClH/c9-5-1-7(10)6-3-11-4-12-8(6)2-5;/h1-4H;1H. The lowest BCUT2D eigenvalue weighted by atomic mass is 10.2. The minimum Gasteiger partial charge on any atom is -0.244 e. The van der Waals surface area contributed by atoms with Gasteiger partial charge in [-0.1, -0.05) is 0 Å². The molecule has 68 valence electrons. The number of nitrogens with zero attached hydrogens (tertiary/aromatic N) is 2.